The van der Waals surface area contributed by atoms with Gasteiger partial charge in [-0.3, -0.25) is 9.69 Å². The predicted octanol–water partition coefficient (Wildman–Crippen LogP) is 4.03. The molecule has 0 radical (unpaired) electrons. The highest BCUT2D eigenvalue weighted by Crippen LogP contribution is 2.28. The lowest BCUT2D eigenvalue weighted by Crippen LogP contribution is -2.44. The number of ether oxygens (including phenoxy) is 1. The number of anilines is 2. The largest absolute Gasteiger partial charge is 0.495 e. The molecule has 1 aliphatic heterocycles. The van der Waals surface area contributed by atoms with Crippen molar-refractivity contribution in [3.05, 3.63) is 53.3 Å². The van der Waals surface area contributed by atoms with Crippen LogP contribution in [0, 0.1) is 5.82 Å². The zero-order valence-electron chi connectivity index (χ0n) is 16.1. The van der Waals surface area contributed by atoms with Gasteiger partial charge in [0.25, 0.3) is 0 Å². The minimum atomic E-state index is -0.295. The van der Waals surface area contributed by atoms with E-state index in [4.69, 9.17) is 16.3 Å². The molecule has 1 fully saturated rings. The number of nitrogens with one attached hydrogen (secondary N) is 1. The molecule has 0 bridgehead atoms. The van der Waals surface area contributed by atoms with Gasteiger partial charge in [0.15, 0.2) is 0 Å². The van der Waals surface area contributed by atoms with Crippen molar-refractivity contribution < 1.29 is 13.9 Å². The Morgan fingerprint density at radius 2 is 1.89 bits per heavy atom. The molecule has 1 N–H and O–H groups in total. The van der Waals surface area contributed by atoms with Gasteiger partial charge < -0.3 is 15.0 Å². The average Bonchev–Trinajstić information content (AvgIpc) is 2.94. The maximum Gasteiger partial charge on any atom is 0.241 e. The molecule has 1 aliphatic rings. The van der Waals surface area contributed by atoms with Crippen molar-refractivity contribution in [2.75, 3.05) is 43.5 Å². The Bertz CT molecular complexity index is 816. The number of nitrogens with zero attached hydrogens (tertiary/aromatic N) is 2. The molecule has 7 heteroatoms. The van der Waals surface area contributed by atoms with E-state index in [9.17, 15) is 9.18 Å². The van der Waals surface area contributed by atoms with Crippen LogP contribution in [-0.2, 0) is 4.79 Å². The van der Waals surface area contributed by atoms with Gasteiger partial charge in [-0.05, 0) is 55.8 Å². The van der Waals surface area contributed by atoms with Gasteiger partial charge in [0, 0.05) is 36.9 Å². The van der Waals surface area contributed by atoms with Crippen LogP contribution in [0.2, 0.25) is 5.02 Å². The molecular formula is C21H25ClFN3O2. The van der Waals surface area contributed by atoms with Crippen LogP contribution < -0.4 is 15.0 Å². The minimum absolute atomic E-state index is 0.101. The molecule has 1 saturated heterocycles. The second-order valence-electron chi connectivity index (χ2n) is 6.86. The van der Waals surface area contributed by atoms with E-state index in [1.165, 1.54) is 12.1 Å². The molecule has 2 aromatic carbocycles. The Kier molecular flexibility index (Phi) is 6.75. The zero-order chi connectivity index (χ0) is 20.1. The number of halogens is 2. The summed E-state index contributed by atoms with van der Waals surface area (Å²) >= 11 is 6.04. The van der Waals surface area contributed by atoms with Gasteiger partial charge in [-0.25, -0.2) is 4.39 Å². The second kappa shape index (κ2) is 9.26. The number of benzene rings is 2. The molecule has 0 saturated carbocycles. The molecule has 0 aliphatic carbocycles. The van der Waals surface area contributed by atoms with E-state index < -0.39 is 0 Å². The van der Waals surface area contributed by atoms with Crippen LogP contribution in [0.5, 0.6) is 5.75 Å². The number of amides is 1. The maximum atomic E-state index is 13.2. The molecule has 1 atom stereocenters. The summed E-state index contributed by atoms with van der Waals surface area (Å²) in [7, 11) is 1.56. The number of hydrogen-bond acceptors (Lipinski definition) is 4. The third-order valence-electron chi connectivity index (χ3n) is 5.07. The number of hydrogen-bond donors (Lipinski definition) is 1. The molecule has 0 spiro atoms. The van der Waals surface area contributed by atoms with Gasteiger partial charge in [-0.2, -0.15) is 0 Å². The van der Waals surface area contributed by atoms with Crippen molar-refractivity contribution in [3.63, 3.8) is 0 Å². The van der Waals surface area contributed by atoms with E-state index in [2.05, 4.69) is 15.1 Å². The number of methoxy groups -OCH3 is 1. The van der Waals surface area contributed by atoms with E-state index in [1.54, 1.807) is 37.4 Å². The quantitative estimate of drug-likeness (QED) is 0.815. The minimum Gasteiger partial charge on any atom is -0.495 e. The summed E-state index contributed by atoms with van der Waals surface area (Å²) in [4.78, 5) is 17.2. The fraction of sp³-hybridized carbons (Fsp3) is 0.381. The van der Waals surface area contributed by atoms with Crippen molar-refractivity contribution in [1.82, 2.24) is 4.90 Å². The third-order valence-corrected chi connectivity index (χ3v) is 5.30. The number of carbonyl (C=O) groups excluding carboxylic acids is 1. The predicted molar refractivity (Wildman–Crippen MR) is 111 cm³/mol. The van der Waals surface area contributed by atoms with Gasteiger partial charge in [0.05, 0.1) is 18.8 Å². The fourth-order valence-corrected chi connectivity index (χ4v) is 3.59. The van der Waals surface area contributed by atoms with Crippen LogP contribution in [0.25, 0.3) is 0 Å². The summed E-state index contributed by atoms with van der Waals surface area (Å²) in [5.74, 6) is 0.237. The lowest BCUT2D eigenvalue weighted by molar-refractivity contribution is -0.120. The van der Waals surface area contributed by atoms with Gasteiger partial charge in [-0.1, -0.05) is 11.6 Å². The van der Waals surface area contributed by atoms with Crippen molar-refractivity contribution >= 4 is 28.9 Å². The molecule has 0 aromatic heterocycles. The number of rotatable bonds is 5. The van der Waals surface area contributed by atoms with Gasteiger partial charge in [0.1, 0.15) is 11.6 Å². The molecule has 3 rings (SSSR count). The Labute approximate surface area is 170 Å². The Balaban J connectivity index is 1.62. The first-order valence-electron chi connectivity index (χ1n) is 9.37. The third kappa shape index (κ3) is 4.94. The van der Waals surface area contributed by atoms with Crippen LogP contribution in [0.3, 0.4) is 0 Å². The summed E-state index contributed by atoms with van der Waals surface area (Å²) < 4.78 is 18.5. The molecule has 150 valence electrons. The van der Waals surface area contributed by atoms with Crippen LogP contribution in [0.15, 0.2) is 42.5 Å². The van der Waals surface area contributed by atoms with Crippen molar-refractivity contribution in [1.29, 1.82) is 0 Å². The highest BCUT2D eigenvalue weighted by molar-refractivity contribution is 6.31. The molecule has 1 amide bonds. The van der Waals surface area contributed by atoms with Gasteiger partial charge in [0.2, 0.25) is 5.91 Å². The lowest BCUT2D eigenvalue weighted by atomic mass is 10.2. The second-order valence-corrected chi connectivity index (χ2v) is 7.30. The van der Waals surface area contributed by atoms with Crippen LogP contribution in [0.4, 0.5) is 15.8 Å². The number of carbonyl (C=O) groups is 1. The maximum absolute atomic E-state index is 13.2. The Hall–Kier alpha value is -2.31. The van der Waals surface area contributed by atoms with E-state index in [-0.39, 0.29) is 17.8 Å². The standard InChI is InChI=1S/C21H25ClFN3O2/c1-15(21(27)24-19-14-16(22)4-9-20(19)28-2)25-10-3-11-26(13-12-25)18-7-5-17(23)6-8-18/h4-9,14-15H,3,10-13H2,1-2H3,(H,24,27). The first kappa shape index (κ1) is 20.4. The van der Waals surface area contributed by atoms with Gasteiger partial charge in [-0.15, -0.1) is 0 Å². The summed E-state index contributed by atoms with van der Waals surface area (Å²) in [6, 6.07) is 11.4. The summed E-state index contributed by atoms with van der Waals surface area (Å²) in [6.45, 7) is 5.12. The molecule has 5 nitrogen and oxygen atoms in total. The van der Waals surface area contributed by atoms with Crippen molar-refractivity contribution in [2.24, 2.45) is 0 Å². The first-order valence-corrected chi connectivity index (χ1v) is 9.74. The van der Waals surface area contributed by atoms with Crippen LogP contribution >= 0.6 is 11.6 Å². The van der Waals surface area contributed by atoms with E-state index in [0.29, 0.717) is 16.5 Å². The van der Waals surface area contributed by atoms with E-state index in [1.807, 2.05) is 6.92 Å². The lowest BCUT2D eigenvalue weighted by Gasteiger charge is -2.27. The van der Waals surface area contributed by atoms with Gasteiger partial charge >= 0.3 is 0 Å². The topological polar surface area (TPSA) is 44.8 Å². The Morgan fingerprint density at radius 1 is 1.14 bits per heavy atom. The monoisotopic (exact) mass is 405 g/mol. The highest BCUT2D eigenvalue weighted by Gasteiger charge is 2.25. The molecule has 1 heterocycles. The van der Waals surface area contributed by atoms with Crippen LogP contribution in [-0.4, -0.2) is 50.1 Å². The normalized spacial score (nSPS) is 16.4. The van der Waals surface area contributed by atoms with E-state index in [0.717, 1.165) is 38.3 Å². The fourth-order valence-electron chi connectivity index (χ4n) is 3.42. The molecule has 28 heavy (non-hydrogen) atoms. The smallest absolute Gasteiger partial charge is 0.241 e. The van der Waals surface area contributed by atoms with E-state index >= 15 is 0 Å². The summed E-state index contributed by atoms with van der Waals surface area (Å²) in [5.41, 5.74) is 1.57. The molecule has 1 unspecified atom stereocenters. The SMILES string of the molecule is COc1ccc(Cl)cc1NC(=O)C(C)N1CCCN(c2ccc(F)cc2)CC1. The summed E-state index contributed by atoms with van der Waals surface area (Å²) in [5, 5.41) is 3.46. The molecular weight excluding hydrogens is 381 g/mol. The first-order chi connectivity index (χ1) is 13.5. The van der Waals surface area contributed by atoms with Crippen molar-refractivity contribution in [3.8, 4) is 5.75 Å². The molecule has 2 aromatic rings. The highest BCUT2D eigenvalue weighted by atomic mass is 35.5. The average molecular weight is 406 g/mol. The summed E-state index contributed by atoms with van der Waals surface area (Å²) in [6.07, 6.45) is 0.926. The van der Waals surface area contributed by atoms with Crippen LogP contribution in [0.1, 0.15) is 13.3 Å². The van der Waals surface area contributed by atoms with Crippen molar-refractivity contribution in [2.45, 2.75) is 19.4 Å². The Morgan fingerprint density at radius 3 is 2.61 bits per heavy atom. The zero-order valence-corrected chi connectivity index (χ0v) is 16.9.